The Morgan fingerprint density at radius 1 is 1.48 bits per heavy atom. The molecule has 1 saturated heterocycles. The molecule has 0 saturated carbocycles. The summed E-state index contributed by atoms with van der Waals surface area (Å²) in [5, 5.41) is 11.8. The molecule has 0 atom stereocenters. The molecule has 116 valence electrons. The minimum absolute atomic E-state index is 0.0397. The number of rotatable bonds is 4. The van der Waals surface area contributed by atoms with Crippen LogP contribution in [0.15, 0.2) is 24.3 Å². The van der Waals surface area contributed by atoms with Crippen LogP contribution < -0.4 is 10.2 Å². The molecule has 1 aromatic carbocycles. The number of urea groups is 1. The Morgan fingerprint density at radius 3 is 2.81 bits per heavy atom. The van der Waals surface area contributed by atoms with Crippen molar-refractivity contribution in [3.05, 3.63) is 30.1 Å². The maximum Gasteiger partial charge on any atom is 0.317 e. The molecule has 21 heavy (non-hydrogen) atoms. The molecular weight excluding hydrogens is 273 g/mol. The van der Waals surface area contributed by atoms with E-state index in [1.54, 1.807) is 13.1 Å². The zero-order valence-corrected chi connectivity index (χ0v) is 12.3. The van der Waals surface area contributed by atoms with Crippen LogP contribution in [0, 0.1) is 5.82 Å². The molecule has 1 aliphatic rings. The van der Waals surface area contributed by atoms with Gasteiger partial charge in [0.1, 0.15) is 5.82 Å². The minimum atomic E-state index is -0.228. The average molecular weight is 295 g/mol. The fourth-order valence-corrected chi connectivity index (χ4v) is 2.49. The van der Waals surface area contributed by atoms with Crippen LogP contribution >= 0.6 is 0 Å². The van der Waals surface area contributed by atoms with Crippen molar-refractivity contribution in [1.29, 1.82) is 0 Å². The van der Waals surface area contributed by atoms with Gasteiger partial charge in [-0.15, -0.1) is 0 Å². The van der Waals surface area contributed by atoms with Gasteiger partial charge in [0.05, 0.1) is 6.61 Å². The van der Waals surface area contributed by atoms with E-state index < -0.39 is 0 Å². The van der Waals surface area contributed by atoms with E-state index >= 15 is 0 Å². The van der Waals surface area contributed by atoms with Crippen LogP contribution in [0.5, 0.6) is 0 Å². The number of anilines is 1. The molecule has 0 unspecified atom stereocenters. The van der Waals surface area contributed by atoms with Gasteiger partial charge in [-0.3, -0.25) is 0 Å². The Balaban J connectivity index is 1.82. The maximum absolute atomic E-state index is 13.2. The number of nitrogens with one attached hydrogen (secondary N) is 1. The first-order chi connectivity index (χ1) is 10.1. The summed E-state index contributed by atoms with van der Waals surface area (Å²) in [7, 11) is 1.66. The first-order valence-electron chi connectivity index (χ1n) is 7.23. The standard InChI is InChI=1S/C15H22FN3O2/c1-18(9-10-20)15(21)17-13-5-7-19(8-6-13)14-4-2-3-12(16)11-14/h2-4,11,13,20H,5-10H2,1H3,(H,17,21). The summed E-state index contributed by atoms with van der Waals surface area (Å²) in [6.07, 6.45) is 1.66. The first-order valence-corrected chi connectivity index (χ1v) is 7.23. The van der Waals surface area contributed by atoms with E-state index in [1.165, 1.54) is 17.0 Å². The molecule has 2 amide bonds. The van der Waals surface area contributed by atoms with Gasteiger partial charge in [0.25, 0.3) is 0 Å². The topological polar surface area (TPSA) is 55.8 Å². The van der Waals surface area contributed by atoms with Crippen LogP contribution in [0.2, 0.25) is 0 Å². The zero-order chi connectivity index (χ0) is 15.2. The van der Waals surface area contributed by atoms with E-state index in [2.05, 4.69) is 10.2 Å². The summed E-state index contributed by atoms with van der Waals surface area (Å²) in [5.74, 6) is -0.228. The zero-order valence-electron chi connectivity index (χ0n) is 12.3. The number of aliphatic hydroxyl groups excluding tert-OH is 1. The molecule has 2 N–H and O–H groups in total. The molecule has 1 heterocycles. The van der Waals surface area contributed by atoms with Crippen molar-refractivity contribution in [2.75, 3.05) is 38.2 Å². The van der Waals surface area contributed by atoms with E-state index in [0.717, 1.165) is 31.6 Å². The highest BCUT2D eigenvalue weighted by molar-refractivity contribution is 5.74. The molecule has 0 radical (unpaired) electrons. The highest BCUT2D eigenvalue weighted by Gasteiger charge is 2.22. The SMILES string of the molecule is CN(CCO)C(=O)NC1CCN(c2cccc(F)c2)CC1. The summed E-state index contributed by atoms with van der Waals surface area (Å²) >= 11 is 0. The molecule has 0 spiro atoms. The number of hydrogen-bond acceptors (Lipinski definition) is 3. The van der Waals surface area contributed by atoms with Crippen molar-refractivity contribution in [2.24, 2.45) is 0 Å². The van der Waals surface area contributed by atoms with Gasteiger partial charge in [-0.2, -0.15) is 0 Å². The van der Waals surface area contributed by atoms with Crippen molar-refractivity contribution in [3.63, 3.8) is 0 Å². The van der Waals surface area contributed by atoms with Gasteiger partial charge in [-0.05, 0) is 31.0 Å². The van der Waals surface area contributed by atoms with Crippen LogP contribution in [0.25, 0.3) is 0 Å². The summed E-state index contributed by atoms with van der Waals surface area (Å²) in [5.41, 5.74) is 0.886. The van der Waals surface area contributed by atoms with Crippen LogP contribution in [-0.4, -0.2) is 55.4 Å². The van der Waals surface area contributed by atoms with Gasteiger partial charge in [0.15, 0.2) is 0 Å². The summed E-state index contributed by atoms with van der Waals surface area (Å²) in [6, 6.07) is 6.55. The fraction of sp³-hybridized carbons (Fsp3) is 0.533. The maximum atomic E-state index is 13.2. The van der Waals surface area contributed by atoms with Gasteiger partial charge in [-0.1, -0.05) is 6.07 Å². The number of carbonyl (C=O) groups excluding carboxylic acids is 1. The monoisotopic (exact) mass is 295 g/mol. The highest BCUT2D eigenvalue weighted by Crippen LogP contribution is 2.20. The summed E-state index contributed by atoms with van der Waals surface area (Å²) in [4.78, 5) is 15.4. The second-order valence-electron chi connectivity index (χ2n) is 5.34. The van der Waals surface area contributed by atoms with Crippen molar-refractivity contribution in [3.8, 4) is 0 Å². The smallest absolute Gasteiger partial charge is 0.317 e. The lowest BCUT2D eigenvalue weighted by molar-refractivity contribution is 0.185. The lowest BCUT2D eigenvalue weighted by Crippen LogP contribution is -2.48. The lowest BCUT2D eigenvalue weighted by atomic mass is 10.0. The Bertz CT molecular complexity index is 476. The van der Waals surface area contributed by atoms with Gasteiger partial charge >= 0.3 is 6.03 Å². The molecule has 2 rings (SSSR count). The number of piperidine rings is 1. The minimum Gasteiger partial charge on any atom is -0.395 e. The molecule has 1 aliphatic heterocycles. The third-order valence-corrected chi connectivity index (χ3v) is 3.78. The first kappa shape index (κ1) is 15.6. The number of hydrogen-bond donors (Lipinski definition) is 2. The number of amides is 2. The van der Waals surface area contributed by atoms with E-state index in [9.17, 15) is 9.18 Å². The van der Waals surface area contributed by atoms with Crippen molar-refractivity contribution in [1.82, 2.24) is 10.2 Å². The molecule has 1 fully saturated rings. The van der Waals surface area contributed by atoms with Crippen molar-refractivity contribution >= 4 is 11.7 Å². The summed E-state index contributed by atoms with van der Waals surface area (Å²) < 4.78 is 13.2. The third-order valence-electron chi connectivity index (χ3n) is 3.78. The fourth-order valence-electron chi connectivity index (χ4n) is 2.49. The number of halogens is 1. The van der Waals surface area contributed by atoms with Gasteiger partial charge in [0.2, 0.25) is 0 Å². The molecule has 0 bridgehead atoms. The molecule has 1 aromatic rings. The van der Waals surface area contributed by atoms with Crippen LogP contribution in [-0.2, 0) is 0 Å². The second-order valence-corrected chi connectivity index (χ2v) is 5.34. The Morgan fingerprint density at radius 2 is 2.19 bits per heavy atom. The van der Waals surface area contributed by atoms with E-state index in [0.29, 0.717) is 6.54 Å². The van der Waals surface area contributed by atoms with Gasteiger partial charge < -0.3 is 20.2 Å². The average Bonchev–Trinajstić information content (AvgIpc) is 2.48. The Kier molecular flexibility index (Phi) is 5.38. The number of nitrogens with zero attached hydrogens (tertiary/aromatic N) is 2. The number of aliphatic hydroxyl groups is 1. The lowest BCUT2D eigenvalue weighted by Gasteiger charge is -2.34. The quantitative estimate of drug-likeness (QED) is 0.883. The molecule has 6 heteroatoms. The Labute approximate surface area is 124 Å². The largest absolute Gasteiger partial charge is 0.395 e. The second kappa shape index (κ2) is 7.26. The summed E-state index contributed by atoms with van der Waals surface area (Å²) in [6.45, 7) is 1.87. The molecule has 0 aliphatic carbocycles. The van der Waals surface area contributed by atoms with Gasteiger partial charge in [0, 0.05) is 38.4 Å². The third kappa shape index (κ3) is 4.32. The van der Waals surface area contributed by atoms with Gasteiger partial charge in [-0.25, -0.2) is 9.18 Å². The predicted molar refractivity (Wildman–Crippen MR) is 79.9 cm³/mol. The van der Waals surface area contributed by atoms with Crippen LogP contribution in [0.4, 0.5) is 14.9 Å². The number of likely N-dealkylation sites (N-methyl/N-ethyl adjacent to an activating group) is 1. The molecule has 0 aromatic heterocycles. The Hall–Kier alpha value is -1.82. The van der Waals surface area contributed by atoms with E-state index in [4.69, 9.17) is 5.11 Å². The van der Waals surface area contributed by atoms with Crippen LogP contribution in [0.1, 0.15) is 12.8 Å². The molecule has 5 nitrogen and oxygen atoms in total. The highest BCUT2D eigenvalue weighted by atomic mass is 19.1. The number of benzene rings is 1. The van der Waals surface area contributed by atoms with E-state index in [-0.39, 0.29) is 24.5 Å². The van der Waals surface area contributed by atoms with Crippen molar-refractivity contribution in [2.45, 2.75) is 18.9 Å². The predicted octanol–water partition coefficient (Wildman–Crippen LogP) is 1.43. The normalized spacial score (nSPS) is 15.9. The number of carbonyl (C=O) groups is 1. The van der Waals surface area contributed by atoms with Crippen LogP contribution in [0.3, 0.4) is 0 Å². The van der Waals surface area contributed by atoms with Crippen molar-refractivity contribution < 1.29 is 14.3 Å². The van der Waals surface area contributed by atoms with E-state index in [1.807, 2.05) is 6.07 Å². The molecular formula is C15H22FN3O2.